The zero-order valence-corrected chi connectivity index (χ0v) is 11.6. The maximum atomic E-state index is 11.8. The molecule has 0 fully saturated rings. The van der Waals surface area contributed by atoms with E-state index in [0.717, 1.165) is 0 Å². The van der Waals surface area contributed by atoms with Crippen molar-refractivity contribution in [1.82, 2.24) is 5.32 Å². The summed E-state index contributed by atoms with van der Waals surface area (Å²) in [6.45, 7) is 5.90. The van der Waals surface area contributed by atoms with E-state index in [0.29, 0.717) is 5.56 Å². The number of nitrogens with one attached hydrogen (secondary N) is 1. The molecule has 0 radical (unpaired) electrons. The van der Waals surface area contributed by atoms with Gasteiger partial charge in [0, 0.05) is 12.5 Å². The highest BCUT2D eigenvalue weighted by Crippen LogP contribution is 2.16. The minimum atomic E-state index is -0.927. The summed E-state index contributed by atoms with van der Waals surface area (Å²) < 4.78 is 0. The van der Waals surface area contributed by atoms with Crippen molar-refractivity contribution in [3.63, 3.8) is 0 Å². The van der Waals surface area contributed by atoms with Crippen molar-refractivity contribution in [3.8, 4) is 0 Å². The van der Waals surface area contributed by atoms with Crippen LogP contribution < -0.4 is 5.32 Å². The summed E-state index contributed by atoms with van der Waals surface area (Å²) in [4.78, 5) is 23.1. The number of hydrogen-bond donors (Lipinski definition) is 2. The number of benzene rings is 1. The van der Waals surface area contributed by atoms with E-state index in [9.17, 15) is 14.7 Å². The molecule has 0 aliphatic rings. The lowest BCUT2D eigenvalue weighted by molar-refractivity contribution is -0.138. The van der Waals surface area contributed by atoms with Crippen LogP contribution in [-0.4, -0.2) is 23.5 Å². The third kappa shape index (κ3) is 4.39. The van der Waals surface area contributed by atoms with Crippen LogP contribution in [0.1, 0.15) is 32.3 Å². The highest BCUT2D eigenvalue weighted by Gasteiger charge is 2.22. The van der Waals surface area contributed by atoms with Crippen LogP contribution in [-0.2, 0) is 9.59 Å². The molecule has 1 aromatic rings. The Morgan fingerprint density at radius 1 is 1.16 bits per heavy atom. The van der Waals surface area contributed by atoms with Gasteiger partial charge in [0.2, 0.25) is 5.91 Å². The predicted molar refractivity (Wildman–Crippen MR) is 73.8 cm³/mol. The van der Waals surface area contributed by atoms with Gasteiger partial charge in [-0.2, -0.15) is 0 Å². The van der Waals surface area contributed by atoms with Crippen LogP contribution in [0.15, 0.2) is 30.3 Å². The molecule has 0 spiro atoms. The van der Waals surface area contributed by atoms with Crippen LogP contribution in [0.25, 0.3) is 0 Å². The van der Waals surface area contributed by atoms with Gasteiger partial charge in [-0.05, 0) is 11.5 Å². The fraction of sp³-hybridized carbons (Fsp3) is 0.467. The van der Waals surface area contributed by atoms with Gasteiger partial charge in [-0.15, -0.1) is 0 Å². The van der Waals surface area contributed by atoms with E-state index >= 15 is 0 Å². The summed E-state index contributed by atoms with van der Waals surface area (Å²) in [6.07, 6.45) is 0. The summed E-state index contributed by atoms with van der Waals surface area (Å²) in [5.41, 5.74) is 0.701. The minimum absolute atomic E-state index is 0.0998. The monoisotopic (exact) mass is 263 g/mol. The molecule has 0 bridgehead atoms. The molecule has 0 saturated carbocycles. The van der Waals surface area contributed by atoms with Gasteiger partial charge in [0.15, 0.2) is 0 Å². The quantitative estimate of drug-likeness (QED) is 0.827. The highest BCUT2D eigenvalue weighted by atomic mass is 16.4. The lowest BCUT2D eigenvalue weighted by Crippen LogP contribution is -2.36. The van der Waals surface area contributed by atoms with Crippen molar-refractivity contribution in [2.24, 2.45) is 11.8 Å². The van der Waals surface area contributed by atoms with E-state index < -0.39 is 11.9 Å². The Balaban J connectivity index is 2.67. The number of carbonyl (C=O) groups is 2. The molecule has 0 saturated heterocycles. The lowest BCUT2D eigenvalue weighted by atomic mass is 9.96. The fourth-order valence-electron chi connectivity index (χ4n) is 1.70. The van der Waals surface area contributed by atoms with Gasteiger partial charge in [0.05, 0.1) is 5.92 Å². The Morgan fingerprint density at radius 2 is 1.74 bits per heavy atom. The second kappa shape index (κ2) is 6.92. The molecule has 1 aromatic carbocycles. The van der Waals surface area contributed by atoms with Gasteiger partial charge in [0.1, 0.15) is 0 Å². The maximum absolute atomic E-state index is 11.8. The van der Waals surface area contributed by atoms with E-state index in [-0.39, 0.29) is 24.3 Å². The van der Waals surface area contributed by atoms with Crippen LogP contribution in [0, 0.1) is 11.8 Å². The Labute approximate surface area is 113 Å². The van der Waals surface area contributed by atoms with E-state index in [1.165, 1.54) is 0 Å². The first-order chi connectivity index (χ1) is 8.93. The average molecular weight is 263 g/mol. The number of carbonyl (C=O) groups excluding carboxylic acids is 1. The van der Waals surface area contributed by atoms with Crippen molar-refractivity contribution in [2.45, 2.75) is 26.7 Å². The summed E-state index contributed by atoms with van der Waals surface area (Å²) in [5, 5.41) is 12.0. The molecule has 19 heavy (non-hydrogen) atoms. The van der Waals surface area contributed by atoms with E-state index in [1.807, 2.05) is 26.8 Å². The number of carboxylic acid groups (broad SMARTS) is 1. The smallest absolute Gasteiger partial charge is 0.312 e. The average Bonchev–Trinajstić information content (AvgIpc) is 2.38. The molecule has 0 heterocycles. The molecule has 1 rings (SSSR count). The summed E-state index contributed by atoms with van der Waals surface area (Å²) in [6, 6.07) is 8.95. The van der Waals surface area contributed by atoms with Crippen molar-refractivity contribution < 1.29 is 14.7 Å². The molecule has 4 nitrogen and oxygen atoms in total. The van der Waals surface area contributed by atoms with Crippen LogP contribution in [0.2, 0.25) is 0 Å². The Kier molecular flexibility index (Phi) is 5.55. The zero-order valence-electron chi connectivity index (χ0n) is 11.6. The normalized spacial score (nSPS) is 13.9. The molecular formula is C15H21NO3. The Morgan fingerprint density at radius 3 is 2.21 bits per heavy atom. The first-order valence-corrected chi connectivity index (χ1v) is 6.49. The van der Waals surface area contributed by atoms with Crippen molar-refractivity contribution in [3.05, 3.63) is 35.9 Å². The van der Waals surface area contributed by atoms with Gasteiger partial charge >= 0.3 is 5.97 Å². The largest absolute Gasteiger partial charge is 0.481 e. The van der Waals surface area contributed by atoms with E-state index in [2.05, 4.69) is 5.32 Å². The Bertz CT molecular complexity index is 428. The molecule has 104 valence electrons. The van der Waals surface area contributed by atoms with Gasteiger partial charge < -0.3 is 10.4 Å². The van der Waals surface area contributed by atoms with Gasteiger partial charge in [-0.3, -0.25) is 9.59 Å². The number of rotatable bonds is 6. The van der Waals surface area contributed by atoms with Crippen molar-refractivity contribution in [2.75, 3.05) is 6.54 Å². The molecule has 2 unspecified atom stereocenters. The van der Waals surface area contributed by atoms with Crippen LogP contribution >= 0.6 is 0 Å². The van der Waals surface area contributed by atoms with Gasteiger partial charge in [-0.1, -0.05) is 51.1 Å². The molecular weight excluding hydrogens is 242 g/mol. The molecule has 0 aliphatic heterocycles. The first kappa shape index (κ1) is 15.2. The molecule has 2 atom stereocenters. The Hall–Kier alpha value is -1.84. The molecule has 0 aromatic heterocycles. The van der Waals surface area contributed by atoms with Crippen molar-refractivity contribution >= 4 is 11.9 Å². The zero-order chi connectivity index (χ0) is 14.4. The van der Waals surface area contributed by atoms with Gasteiger partial charge in [0.25, 0.3) is 0 Å². The van der Waals surface area contributed by atoms with Gasteiger partial charge in [-0.25, -0.2) is 0 Å². The third-order valence-corrected chi connectivity index (χ3v) is 3.39. The SMILES string of the molecule is CC(C)C(C)C(=O)NCC(C(=O)O)c1ccccc1. The molecule has 1 amide bonds. The second-order valence-corrected chi connectivity index (χ2v) is 5.08. The van der Waals surface area contributed by atoms with E-state index in [4.69, 9.17) is 0 Å². The van der Waals surface area contributed by atoms with E-state index in [1.54, 1.807) is 24.3 Å². The standard InChI is InChI=1S/C15H21NO3/c1-10(2)11(3)14(17)16-9-13(15(18)19)12-7-5-4-6-8-12/h4-8,10-11,13H,9H2,1-3H3,(H,16,17)(H,18,19). The summed E-state index contributed by atoms with van der Waals surface area (Å²) in [7, 11) is 0. The second-order valence-electron chi connectivity index (χ2n) is 5.08. The lowest BCUT2D eigenvalue weighted by Gasteiger charge is -2.18. The summed E-state index contributed by atoms with van der Waals surface area (Å²) >= 11 is 0. The topological polar surface area (TPSA) is 66.4 Å². The first-order valence-electron chi connectivity index (χ1n) is 6.49. The number of carboxylic acids is 1. The number of aliphatic carboxylic acids is 1. The van der Waals surface area contributed by atoms with Crippen molar-refractivity contribution in [1.29, 1.82) is 0 Å². The predicted octanol–water partition coefficient (Wildman–Crippen LogP) is 2.26. The van der Waals surface area contributed by atoms with Crippen LogP contribution in [0.5, 0.6) is 0 Å². The molecule has 4 heteroatoms. The fourth-order valence-corrected chi connectivity index (χ4v) is 1.70. The maximum Gasteiger partial charge on any atom is 0.312 e. The number of amides is 1. The minimum Gasteiger partial charge on any atom is -0.481 e. The van der Waals surface area contributed by atoms with Crippen LogP contribution in [0.3, 0.4) is 0 Å². The summed E-state index contributed by atoms with van der Waals surface area (Å²) in [5.74, 6) is -1.62. The third-order valence-electron chi connectivity index (χ3n) is 3.39. The molecule has 0 aliphatic carbocycles. The van der Waals surface area contributed by atoms with Crippen LogP contribution in [0.4, 0.5) is 0 Å². The number of hydrogen-bond acceptors (Lipinski definition) is 2. The highest BCUT2D eigenvalue weighted by molar-refractivity contribution is 5.81. The molecule has 2 N–H and O–H groups in total.